The molecule has 0 aliphatic heterocycles. The minimum atomic E-state index is -6.13. The lowest BCUT2D eigenvalue weighted by Crippen LogP contribution is -2.75. The molecular formula is C49H28BF24NO. The average molecular weight is 1110 g/mol. The zero-order valence-corrected chi connectivity index (χ0v) is 37.5. The maximum absolute atomic E-state index is 14.2. The van der Waals surface area contributed by atoms with Crippen LogP contribution in [0.3, 0.4) is 0 Å². The second-order valence-electron chi connectivity index (χ2n) is 16.7. The molecule has 1 heterocycles. The normalized spacial score (nSPS) is 13.4. The van der Waals surface area contributed by atoms with Crippen molar-refractivity contribution in [2.24, 2.45) is 0 Å². The minimum absolute atomic E-state index is 0.691. The van der Waals surface area contributed by atoms with Gasteiger partial charge in [0.2, 0.25) is 0 Å². The van der Waals surface area contributed by atoms with Crippen molar-refractivity contribution < 1.29 is 115 Å². The van der Waals surface area contributed by atoms with Gasteiger partial charge in [0.1, 0.15) is 6.15 Å². The number of rotatable bonds is 7. The summed E-state index contributed by atoms with van der Waals surface area (Å²) in [5.41, 5.74) is -28.9. The van der Waals surface area contributed by atoms with E-state index in [1.54, 1.807) is 7.11 Å². The van der Waals surface area contributed by atoms with E-state index in [9.17, 15) is 105 Å². The zero-order chi connectivity index (χ0) is 57.0. The monoisotopic (exact) mass is 1110 g/mol. The first-order valence-corrected chi connectivity index (χ1v) is 21.0. The molecule has 0 saturated carbocycles. The van der Waals surface area contributed by atoms with Crippen molar-refractivity contribution in [3.63, 3.8) is 0 Å². The van der Waals surface area contributed by atoms with E-state index in [4.69, 9.17) is 4.74 Å². The molecule has 0 spiro atoms. The predicted molar refractivity (Wildman–Crippen MR) is 226 cm³/mol. The van der Waals surface area contributed by atoms with E-state index in [2.05, 4.69) is 53.2 Å². The Morgan fingerprint density at radius 1 is 0.342 bits per heavy atom. The van der Waals surface area contributed by atoms with Gasteiger partial charge >= 0.3 is 55.3 Å². The summed E-state index contributed by atoms with van der Waals surface area (Å²) in [6.07, 6.45) is -52.7. The molecule has 0 radical (unpaired) electrons. The van der Waals surface area contributed by atoms with Crippen molar-refractivity contribution in [3.05, 3.63) is 190 Å². The molecule has 0 unspecified atom stereocenters. The highest BCUT2D eigenvalue weighted by Crippen LogP contribution is 2.41. The lowest BCUT2D eigenvalue weighted by atomic mass is 9.12. The van der Waals surface area contributed by atoms with Crippen LogP contribution in [0.4, 0.5) is 105 Å². The van der Waals surface area contributed by atoms with Gasteiger partial charge in [0.25, 0.3) is 0 Å². The highest BCUT2D eigenvalue weighted by atomic mass is 19.4. The van der Waals surface area contributed by atoms with Crippen molar-refractivity contribution in [2.45, 2.75) is 56.0 Å². The quantitative estimate of drug-likeness (QED) is 0.0881. The average Bonchev–Trinajstić information content (AvgIpc) is 3.30. The molecule has 76 heavy (non-hydrogen) atoms. The fourth-order valence-electron chi connectivity index (χ4n) is 8.43. The number of halogens is 24. The summed E-state index contributed by atoms with van der Waals surface area (Å²) >= 11 is 0. The van der Waals surface area contributed by atoms with Crippen molar-refractivity contribution in [3.8, 4) is 5.88 Å². The van der Waals surface area contributed by atoms with E-state index < -0.39 is 195 Å². The molecule has 0 N–H and O–H groups in total. The number of hydrogen-bond acceptors (Lipinski definition) is 1. The smallest absolute Gasteiger partial charge is 0.416 e. The maximum Gasteiger partial charge on any atom is 0.416 e. The van der Waals surface area contributed by atoms with Gasteiger partial charge in [-0.2, -0.15) is 132 Å². The van der Waals surface area contributed by atoms with Gasteiger partial charge in [0, 0.05) is 11.6 Å². The van der Waals surface area contributed by atoms with Crippen molar-refractivity contribution in [1.29, 1.82) is 0 Å². The molecule has 1 aromatic heterocycles. The van der Waals surface area contributed by atoms with E-state index in [0.717, 1.165) is 17.8 Å². The van der Waals surface area contributed by atoms with E-state index >= 15 is 0 Å². The Hall–Kier alpha value is -7.09. The number of methoxy groups -OCH3 is 1. The van der Waals surface area contributed by atoms with Gasteiger partial charge in [-0.25, -0.2) is 0 Å². The number of fused-ring (bicyclic) bond motifs is 1. The van der Waals surface area contributed by atoms with Crippen LogP contribution in [0, 0.1) is 0 Å². The summed E-state index contributed by atoms with van der Waals surface area (Å²) in [5, 5.41) is 2.34. The molecule has 0 bridgehead atoms. The molecule has 6 aromatic carbocycles. The SMILES string of the molecule is COc1c2ccccc2cc[n+]1Cc1ccccc1.FC(F)(F)c1cc([B-](c2cc(C(F)(F)F)cc(C(F)(F)F)c2)(c2cc(C(F)(F)F)cc(C(F)(F)F)c2)c2cc(C(F)(F)F)cc(C(F)(F)F)c2)cc(C(F)(F)F)c1. The van der Waals surface area contributed by atoms with Crippen LogP contribution in [-0.2, 0) is 56.0 Å². The van der Waals surface area contributed by atoms with Gasteiger partial charge < -0.3 is 4.74 Å². The molecule has 7 aromatic rings. The highest BCUT2D eigenvalue weighted by molar-refractivity contribution is 7.20. The van der Waals surface area contributed by atoms with E-state index in [0.29, 0.717) is 0 Å². The zero-order valence-electron chi connectivity index (χ0n) is 37.5. The van der Waals surface area contributed by atoms with Crippen molar-refractivity contribution >= 4 is 38.8 Å². The van der Waals surface area contributed by atoms with Gasteiger partial charge in [0.05, 0.1) is 57.0 Å². The number of benzene rings is 6. The molecule has 0 aliphatic rings. The Bertz CT molecular complexity index is 2780. The van der Waals surface area contributed by atoms with Crippen LogP contribution >= 0.6 is 0 Å². The van der Waals surface area contributed by atoms with Crippen LogP contribution in [0.1, 0.15) is 50.1 Å². The van der Waals surface area contributed by atoms with Gasteiger partial charge in [-0.05, 0) is 35.7 Å². The summed E-state index contributed by atoms with van der Waals surface area (Å²) in [6, 6.07) is 12.0. The minimum Gasteiger partial charge on any atom is -0.447 e. The van der Waals surface area contributed by atoms with E-state index in [1.807, 2.05) is 18.2 Å². The summed E-state index contributed by atoms with van der Waals surface area (Å²) in [6.45, 7) is 0.814. The number of ether oxygens (including phenoxy) is 1. The molecule has 7 rings (SSSR count). The first-order valence-electron chi connectivity index (χ1n) is 21.0. The van der Waals surface area contributed by atoms with E-state index in [-0.39, 0.29) is 0 Å². The number of nitrogens with zero attached hydrogens (tertiary/aromatic N) is 1. The largest absolute Gasteiger partial charge is 0.447 e. The third-order valence-electron chi connectivity index (χ3n) is 11.7. The summed E-state index contributed by atoms with van der Waals surface area (Å²) in [4.78, 5) is 0. The topological polar surface area (TPSA) is 13.1 Å². The lowest BCUT2D eigenvalue weighted by Gasteiger charge is -2.46. The molecular weight excluding hydrogens is 1090 g/mol. The molecule has 0 amide bonds. The predicted octanol–water partition coefficient (Wildman–Crippen LogP) is 14.4. The fourth-order valence-corrected chi connectivity index (χ4v) is 8.43. The van der Waals surface area contributed by atoms with Crippen LogP contribution in [0.2, 0.25) is 0 Å². The maximum atomic E-state index is 14.2. The number of hydrogen-bond donors (Lipinski definition) is 0. The molecule has 2 nitrogen and oxygen atoms in total. The van der Waals surface area contributed by atoms with Crippen LogP contribution in [0.5, 0.6) is 5.88 Å². The number of alkyl halides is 24. The van der Waals surface area contributed by atoms with Crippen molar-refractivity contribution in [2.75, 3.05) is 7.11 Å². The third kappa shape index (κ3) is 12.8. The Kier molecular flexibility index (Phi) is 15.4. The first-order chi connectivity index (χ1) is 34.6. The van der Waals surface area contributed by atoms with Crippen LogP contribution in [-0.4, -0.2) is 13.3 Å². The molecule has 0 aliphatic carbocycles. The Morgan fingerprint density at radius 2 is 0.605 bits per heavy atom. The third-order valence-corrected chi connectivity index (χ3v) is 11.7. The Labute approximate surface area is 411 Å². The first kappa shape index (κ1) is 58.2. The number of pyridine rings is 1. The van der Waals surface area contributed by atoms with Gasteiger partial charge in [-0.1, -0.05) is 97.1 Å². The molecule has 0 fully saturated rings. The van der Waals surface area contributed by atoms with Gasteiger partial charge in [-0.3, -0.25) is 0 Å². The molecule has 406 valence electrons. The molecule has 0 saturated heterocycles. The van der Waals surface area contributed by atoms with Crippen molar-refractivity contribution in [1.82, 2.24) is 0 Å². The standard InChI is InChI=1S/C32H12BF24.C17H16NO/c34-25(35,36)13-1-14(26(37,38)39)6-21(5-13)33(22-7-15(27(40,41)42)2-16(8-22)28(43,44)45,23-9-17(29(46,47)48)3-18(10-23)30(49,50)51)24-11-19(31(52,53)54)4-20(12-24)32(55,56)57;1-19-17-16-10-6-5-9-15(16)11-12-18(17)13-14-7-3-2-4-8-14/h1-12H;2-12H,13H2,1H3/q-1;+1. The van der Waals surface area contributed by atoms with Gasteiger partial charge in [0.15, 0.2) is 12.7 Å². The summed E-state index contributed by atoms with van der Waals surface area (Å²) in [7, 11) is 1.73. The van der Waals surface area contributed by atoms with E-state index in [1.165, 1.54) is 10.9 Å². The summed E-state index contributed by atoms with van der Waals surface area (Å²) < 4.78 is 349. The second kappa shape index (κ2) is 20.1. The fraction of sp³-hybridized carbons (Fsp3) is 0.204. The highest BCUT2D eigenvalue weighted by Gasteiger charge is 2.47. The van der Waals surface area contributed by atoms with Crippen LogP contribution < -0.4 is 31.2 Å². The Balaban J connectivity index is 0.000000408. The molecule has 27 heteroatoms. The summed E-state index contributed by atoms with van der Waals surface area (Å²) in [5.74, 6) is 0.905. The van der Waals surface area contributed by atoms with Crippen LogP contribution in [0.25, 0.3) is 10.8 Å². The Morgan fingerprint density at radius 3 is 0.868 bits per heavy atom. The number of aromatic nitrogens is 1. The molecule has 0 atom stereocenters. The van der Waals surface area contributed by atoms with Crippen LogP contribution in [0.15, 0.2) is 140 Å². The lowest BCUT2D eigenvalue weighted by molar-refractivity contribution is -0.691. The second-order valence-corrected chi connectivity index (χ2v) is 16.7. The van der Waals surface area contributed by atoms with Gasteiger partial charge in [-0.15, -0.1) is 0 Å².